The Morgan fingerprint density at radius 2 is 1.69 bits per heavy atom. The minimum Gasteiger partial charge on any atom is -0.469 e. The van der Waals surface area contributed by atoms with Crippen molar-refractivity contribution in [2.45, 2.75) is 102 Å². The van der Waals surface area contributed by atoms with Crippen LogP contribution in [0.25, 0.3) is 5.57 Å². The summed E-state index contributed by atoms with van der Waals surface area (Å²) in [5, 5.41) is 0. The molecule has 1 saturated carbocycles. The van der Waals surface area contributed by atoms with Gasteiger partial charge in [0.2, 0.25) is 5.95 Å². The van der Waals surface area contributed by atoms with E-state index < -0.39 is 23.7 Å². The van der Waals surface area contributed by atoms with Crippen LogP contribution in [-0.4, -0.2) is 71.5 Å². The Kier molecular flexibility index (Phi) is 12.4. The van der Waals surface area contributed by atoms with Crippen molar-refractivity contribution < 1.29 is 36.6 Å². The van der Waals surface area contributed by atoms with E-state index in [1.807, 2.05) is 13.8 Å². The van der Waals surface area contributed by atoms with Crippen LogP contribution in [0.3, 0.4) is 0 Å². The number of halogens is 4. The zero-order valence-electron chi connectivity index (χ0n) is 27.8. The summed E-state index contributed by atoms with van der Waals surface area (Å²) in [5.41, 5.74) is 5.95. The average Bonchev–Trinajstić information content (AvgIpc) is 3.08. The smallest absolute Gasteiger partial charge is 0.416 e. The highest BCUT2D eigenvalue weighted by atomic mass is 19.4. The molecule has 3 atom stereocenters. The summed E-state index contributed by atoms with van der Waals surface area (Å²) in [6.45, 7) is 3.84. The van der Waals surface area contributed by atoms with E-state index in [2.05, 4.69) is 15.0 Å². The number of carbonyl (C=O) groups is 2. The fraction of sp³-hybridized carbons (Fsp3) is 0.559. The van der Waals surface area contributed by atoms with Gasteiger partial charge in [0.1, 0.15) is 11.9 Å². The number of esters is 1. The van der Waals surface area contributed by atoms with Crippen molar-refractivity contribution >= 4 is 29.8 Å². The number of alkyl halides is 3. The molecule has 1 amide bonds. The third-order valence-electron chi connectivity index (χ3n) is 9.26. The molecule has 2 N–H and O–H groups in total. The number of ether oxygens (including phenoxy) is 2. The Balaban J connectivity index is 1.61. The van der Waals surface area contributed by atoms with Crippen LogP contribution >= 0.6 is 0 Å². The average molecular weight is 677 g/mol. The third kappa shape index (κ3) is 8.81. The van der Waals surface area contributed by atoms with E-state index in [0.29, 0.717) is 68.6 Å². The number of anilines is 1. The number of aromatic nitrogens is 2. The molecule has 1 unspecified atom stereocenters. The van der Waals surface area contributed by atoms with Crippen molar-refractivity contribution in [3.05, 3.63) is 59.3 Å². The Morgan fingerprint density at radius 1 is 1.06 bits per heavy atom. The molecule has 48 heavy (non-hydrogen) atoms. The van der Waals surface area contributed by atoms with Crippen LogP contribution in [0.5, 0.6) is 0 Å². The molecule has 1 aliphatic heterocycles. The Labute approximate surface area is 278 Å². The lowest BCUT2D eigenvalue weighted by Gasteiger charge is -2.47. The van der Waals surface area contributed by atoms with Crippen molar-refractivity contribution in [2.24, 2.45) is 16.6 Å². The number of carbonyl (C=O) groups excluding carboxylic acids is 2. The van der Waals surface area contributed by atoms with Crippen LogP contribution in [0.2, 0.25) is 0 Å². The summed E-state index contributed by atoms with van der Waals surface area (Å²) >= 11 is 0. The molecule has 1 aromatic carbocycles. The molecular formula is C34H44F4N6O4. The first-order valence-corrected chi connectivity index (χ1v) is 16.3. The van der Waals surface area contributed by atoms with Crippen LogP contribution < -0.4 is 10.6 Å². The predicted molar refractivity (Wildman–Crippen MR) is 173 cm³/mol. The summed E-state index contributed by atoms with van der Waals surface area (Å²) in [4.78, 5) is 42.3. The number of methoxy groups -OCH3 is 1. The van der Waals surface area contributed by atoms with Gasteiger partial charge in [-0.2, -0.15) is 13.2 Å². The highest BCUT2D eigenvalue weighted by molar-refractivity contribution is 6.09. The van der Waals surface area contributed by atoms with E-state index in [0.717, 1.165) is 12.1 Å². The number of aliphatic imine (C=N–C) groups is 1. The lowest BCUT2D eigenvalue weighted by atomic mass is 9.87. The molecule has 1 aliphatic carbocycles. The first-order chi connectivity index (χ1) is 22.9. The van der Waals surface area contributed by atoms with Crippen molar-refractivity contribution in [2.75, 3.05) is 19.1 Å². The minimum absolute atomic E-state index is 0.0956. The van der Waals surface area contributed by atoms with Gasteiger partial charge >= 0.3 is 18.2 Å². The van der Waals surface area contributed by atoms with Crippen LogP contribution in [0, 0.1) is 11.7 Å². The summed E-state index contributed by atoms with van der Waals surface area (Å²) < 4.78 is 66.2. The largest absolute Gasteiger partial charge is 0.469 e. The number of hydrogen-bond donors (Lipinski definition) is 1. The zero-order valence-corrected chi connectivity index (χ0v) is 27.8. The maximum absolute atomic E-state index is 14.5. The van der Waals surface area contributed by atoms with E-state index in [1.54, 1.807) is 35.5 Å². The number of hydrogen-bond acceptors (Lipinski definition) is 9. The first kappa shape index (κ1) is 36.6. The predicted octanol–water partition coefficient (Wildman–Crippen LogP) is 6.53. The molecule has 0 radical (unpaired) electrons. The molecule has 0 spiro atoms. The number of rotatable bonds is 10. The van der Waals surface area contributed by atoms with Crippen LogP contribution in [0.1, 0.15) is 81.9 Å². The van der Waals surface area contributed by atoms with Gasteiger partial charge in [-0.15, -0.1) is 0 Å². The fourth-order valence-electron chi connectivity index (χ4n) is 6.75. The quantitative estimate of drug-likeness (QED) is 0.171. The number of allylic oxidation sites excluding steroid dienone is 1. The Morgan fingerprint density at radius 3 is 2.21 bits per heavy atom. The topological polar surface area (TPSA) is 123 Å². The summed E-state index contributed by atoms with van der Waals surface area (Å²) in [6, 6.07) is 1.69. The molecule has 2 heterocycles. The van der Waals surface area contributed by atoms with E-state index >= 15 is 0 Å². The second-order valence-electron chi connectivity index (χ2n) is 12.3. The first-order valence-electron chi connectivity index (χ1n) is 16.3. The molecule has 2 aliphatic rings. The second-order valence-corrected chi connectivity index (χ2v) is 12.3. The maximum Gasteiger partial charge on any atom is 0.416 e. The maximum atomic E-state index is 14.5. The van der Waals surface area contributed by atoms with Gasteiger partial charge in [0.05, 0.1) is 18.6 Å². The minimum atomic E-state index is -4.73. The van der Waals surface area contributed by atoms with Crippen LogP contribution in [0.15, 0.2) is 41.8 Å². The number of likely N-dealkylation sites (tertiary alicyclic amines) is 1. The summed E-state index contributed by atoms with van der Waals surface area (Å²) in [6.07, 6.45) is 4.99. The zero-order chi connectivity index (χ0) is 35.0. The molecule has 262 valence electrons. The molecule has 0 bridgehead atoms. The van der Waals surface area contributed by atoms with Crippen molar-refractivity contribution in [3.63, 3.8) is 0 Å². The van der Waals surface area contributed by atoms with Gasteiger partial charge in [0, 0.05) is 67.7 Å². The molecule has 14 heteroatoms. The van der Waals surface area contributed by atoms with Crippen LogP contribution in [-0.2, 0) is 27.0 Å². The van der Waals surface area contributed by atoms with Gasteiger partial charge in [0.25, 0.3) is 0 Å². The van der Waals surface area contributed by atoms with E-state index in [1.165, 1.54) is 13.3 Å². The van der Waals surface area contributed by atoms with Gasteiger partial charge in [0.15, 0.2) is 0 Å². The highest BCUT2D eigenvalue weighted by Gasteiger charge is 2.42. The van der Waals surface area contributed by atoms with Gasteiger partial charge < -0.3 is 25.0 Å². The van der Waals surface area contributed by atoms with E-state index in [4.69, 9.17) is 15.2 Å². The van der Waals surface area contributed by atoms with E-state index in [9.17, 15) is 27.2 Å². The Bertz CT molecular complexity index is 1450. The summed E-state index contributed by atoms with van der Waals surface area (Å²) in [5.74, 6) is -1.20. The SMILES string of the molecule is CC[C@@H]1CC(N(Cc2cc(F)cc(C(F)(F)F)c2)c2ncc(C(C=NC)=CN)cn2)C[C@H](CC)N1C(=O)OC1CCC(C(=O)OC)CC1. The van der Waals surface area contributed by atoms with Gasteiger partial charge in [-0.1, -0.05) is 13.8 Å². The summed E-state index contributed by atoms with van der Waals surface area (Å²) in [7, 11) is 2.96. The number of benzene rings is 1. The van der Waals surface area contributed by atoms with E-state index in [-0.39, 0.29) is 54.2 Å². The van der Waals surface area contributed by atoms with Crippen molar-refractivity contribution in [1.29, 1.82) is 0 Å². The van der Waals surface area contributed by atoms with Gasteiger partial charge in [-0.05, 0) is 75.1 Å². The number of piperidine rings is 1. The molecule has 1 aromatic heterocycles. The second kappa shape index (κ2) is 16.2. The molecule has 2 fully saturated rings. The normalized spacial score (nSPS) is 23.6. The van der Waals surface area contributed by atoms with Crippen molar-refractivity contribution in [3.8, 4) is 0 Å². The standard InChI is InChI=1S/C34H44F4N6O4/c1-5-27-14-29(15-28(6-2)44(27)33(46)48-30-9-7-22(8-10-30)31(45)47-4)43(20-21-11-25(34(36,37)38)13-26(35)12-21)32-41-18-24(19-42-32)23(16-39)17-40-3/h11-13,16-19,22,27-30H,5-10,14-15,20,39H2,1-4H3/t22?,27-,28+,29?,30?. The molecule has 1 saturated heterocycles. The number of amides is 1. The fourth-order valence-corrected chi connectivity index (χ4v) is 6.75. The van der Waals surface area contributed by atoms with Gasteiger partial charge in [-0.25, -0.2) is 19.2 Å². The monoisotopic (exact) mass is 676 g/mol. The molecular weight excluding hydrogens is 632 g/mol. The molecule has 2 aromatic rings. The van der Waals surface area contributed by atoms with Crippen LogP contribution in [0.4, 0.5) is 28.3 Å². The van der Waals surface area contributed by atoms with Gasteiger partial charge in [-0.3, -0.25) is 9.79 Å². The molecule has 4 rings (SSSR count). The Hall–Kier alpha value is -4.23. The third-order valence-corrected chi connectivity index (χ3v) is 9.26. The van der Waals surface area contributed by atoms with Crippen molar-refractivity contribution in [1.82, 2.24) is 14.9 Å². The highest BCUT2D eigenvalue weighted by Crippen LogP contribution is 2.36. The molecule has 10 nitrogen and oxygen atoms in total. The number of nitrogens with zero attached hydrogens (tertiary/aromatic N) is 5. The lowest BCUT2D eigenvalue weighted by molar-refractivity contribution is -0.147. The lowest BCUT2D eigenvalue weighted by Crippen LogP contribution is -2.57. The number of nitrogens with two attached hydrogens (primary N) is 1.